The predicted molar refractivity (Wildman–Crippen MR) is 75.6 cm³/mol. The van der Waals surface area contributed by atoms with Gasteiger partial charge in [-0.3, -0.25) is 9.48 Å². The number of Topliss-reactive ketones (excluding diaryl/α,β-unsaturated/α-hetero) is 1. The Morgan fingerprint density at radius 1 is 1.39 bits per heavy atom. The summed E-state index contributed by atoms with van der Waals surface area (Å²) >= 11 is 3.45. The van der Waals surface area contributed by atoms with Crippen molar-refractivity contribution in [1.29, 1.82) is 0 Å². The van der Waals surface area contributed by atoms with Gasteiger partial charge in [-0.1, -0.05) is 34.6 Å². The maximum atomic E-state index is 12.7. The van der Waals surface area contributed by atoms with Crippen molar-refractivity contribution in [3.63, 3.8) is 0 Å². The topological polar surface area (TPSA) is 34.9 Å². The van der Waals surface area contributed by atoms with E-state index in [4.69, 9.17) is 0 Å². The summed E-state index contributed by atoms with van der Waals surface area (Å²) in [5.74, 6) is 0.316. The largest absolute Gasteiger partial charge is 0.292 e. The molecule has 0 aromatic carbocycles. The van der Waals surface area contributed by atoms with Gasteiger partial charge < -0.3 is 0 Å². The summed E-state index contributed by atoms with van der Waals surface area (Å²) < 4.78 is 2.65. The first-order valence-electron chi connectivity index (χ1n) is 6.50. The Morgan fingerprint density at radius 2 is 1.94 bits per heavy atom. The van der Waals surface area contributed by atoms with E-state index in [2.05, 4.69) is 55.6 Å². The molecule has 18 heavy (non-hydrogen) atoms. The van der Waals surface area contributed by atoms with Crippen molar-refractivity contribution in [2.45, 2.75) is 47.6 Å². The molecule has 100 valence electrons. The first kappa shape index (κ1) is 13.8. The summed E-state index contributed by atoms with van der Waals surface area (Å²) in [7, 11) is 0. The highest BCUT2D eigenvalue weighted by molar-refractivity contribution is 9.10. The fraction of sp³-hybridized carbons (Fsp3) is 0.714. The first-order chi connectivity index (χ1) is 8.25. The number of halogens is 1. The Bertz CT molecular complexity index is 474. The third kappa shape index (κ3) is 1.77. The minimum Gasteiger partial charge on any atom is -0.292 e. The predicted octanol–water partition coefficient (Wildman–Crippen LogP) is 3.92. The standard InChI is InChI=1S/C14H21BrN2O/c1-6-7-17-10(9(15)8-16-17)11(18)12-13(2,3)14(12,4)5/h8,12H,6-7H2,1-5H3. The second-order valence-electron chi connectivity index (χ2n) is 6.30. The summed E-state index contributed by atoms with van der Waals surface area (Å²) in [5, 5.41) is 4.28. The molecular weight excluding hydrogens is 292 g/mol. The summed E-state index contributed by atoms with van der Waals surface area (Å²) in [6, 6.07) is 0. The maximum Gasteiger partial charge on any atom is 0.186 e. The molecule has 1 aromatic rings. The first-order valence-corrected chi connectivity index (χ1v) is 7.30. The molecule has 1 fully saturated rings. The number of carbonyl (C=O) groups is 1. The van der Waals surface area contributed by atoms with Gasteiger partial charge in [0.2, 0.25) is 0 Å². The van der Waals surface area contributed by atoms with Gasteiger partial charge in [0, 0.05) is 12.5 Å². The molecule has 0 amide bonds. The third-order valence-corrected chi connectivity index (χ3v) is 5.33. The second kappa shape index (κ2) is 4.19. The van der Waals surface area contributed by atoms with Crippen LogP contribution in [0.5, 0.6) is 0 Å². The van der Waals surface area contributed by atoms with Crippen LogP contribution in [-0.4, -0.2) is 15.6 Å². The number of aryl methyl sites for hydroxylation is 1. The number of ketones is 1. The van der Waals surface area contributed by atoms with E-state index in [0.29, 0.717) is 0 Å². The van der Waals surface area contributed by atoms with Gasteiger partial charge >= 0.3 is 0 Å². The average molecular weight is 313 g/mol. The van der Waals surface area contributed by atoms with E-state index >= 15 is 0 Å². The van der Waals surface area contributed by atoms with Crippen LogP contribution in [0.25, 0.3) is 0 Å². The lowest BCUT2D eigenvalue weighted by Gasteiger charge is -2.07. The van der Waals surface area contributed by atoms with Crippen LogP contribution in [0.1, 0.15) is 51.5 Å². The molecule has 1 heterocycles. The molecule has 1 aliphatic rings. The fourth-order valence-corrected chi connectivity index (χ4v) is 3.47. The van der Waals surface area contributed by atoms with E-state index in [9.17, 15) is 4.79 Å². The molecule has 0 N–H and O–H groups in total. The zero-order valence-corrected chi connectivity index (χ0v) is 13.3. The lowest BCUT2D eigenvalue weighted by Crippen LogP contribution is -2.15. The quantitative estimate of drug-likeness (QED) is 0.790. The highest BCUT2D eigenvalue weighted by Crippen LogP contribution is 2.69. The molecule has 0 atom stereocenters. The summed E-state index contributed by atoms with van der Waals surface area (Å²) in [6.45, 7) is 11.6. The van der Waals surface area contributed by atoms with E-state index in [1.807, 2.05) is 4.68 Å². The molecular formula is C14H21BrN2O. The second-order valence-corrected chi connectivity index (χ2v) is 7.16. The van der Waals surface area contributed by atoms with Gasteiger partial charge in [0.25, 0.3) is 0 Å². The molecule has 0 aliphatic heterocycles. The molecule has 1 aromatic heterocycles. The highest BCUT2D eigenvalue weighted by atomic mass is 79.9. The van der Waals surface area contributed by atoms with Crippen molar-refractivity contribution in [1.82, 2.24) is 9.78 Å². The maximum absolute atomic E-state index is 12.7. The van der Waals surface area contributed by atoms with Crippen molar-refractivity contribution >= 4 is 21.7 Å². The summed E-state index contributed by atoms with van der Waals surface area (Å²) in [6.07, 6.45) is 2.71. The summed E-state index contributed by atoms with van der Waals surface area (Å²) in [4.78, 5) is 12.7. The molecule has 0 spiro atoms. The third-order valence-electron chi connectivity index (χ3n) is 4.75. The van der Waals surface area contributed by atoms with E-state index in [1.54, 1.807) is 6.20 Å². The highest BCUT2D eigenvalue weighted by Gasteiger charge is 2.68. The van der Waals surface area contributed by atoms with Crippen LogP contribution in [-0.2, 0) is 6.54 Å². The molecule has 2 rings (SSSR count). The van der Waals surface area contributed by atoms with Crippen molar-refractivity contribution in [3.8, 4) is 0 Å². The fourth-order valence-electron chi connectivity index (χ4n) is 2.98. The van der Waals surface area contributed by atoms with Crippen molar-refractivity contribution in [2.75, 3.05) is 0 Å². The van der Waals surface area contributed by atoms with Gasteiger partial charge in [-0.2, -0.15) is 5.10 Å². The van der Waals surface area contributed by atoms with Crippen molar-refractivity contribution in [3.05, 3.63) is 16.4 Å². The Balaban J connectivity index is 2.34. The molecule has 0 unspecified atom stereocenters. The zero-order chi connectivity index (χ0) is 13.7. The van der Waals surface area contributed by atoms with E-state index in [0.717, 1.165) is 23.1 Å². The average Bonchev–Trinajstić information content (AvgIpc) is 2.55. The number of nitrogens with zero attached hydrogens (tertiary/aromatic N) is 2. The normalized spacial score (nSPS) is 21.0. The van der Waals surface area contributed by atoms with Gasteiger partial charge in [-0.15, -0.1) is 0 Å². The number of aromatic nitrogens is 2. The molecule has 3 nitrogen and oxygen atoms in total. The van der Waals surface area contributed by atoms with Crippen LogP contribution >= 0.6 is 15.9 Å². The number of carbonyl (C=O) groups excluding carboxylic acids is 1. The number of hydrogen-bond acceptors (Lipinski definition) is 2. The molecule has 1 aliphatic carbocycles. The van der Waals surface area contributed by atoms with Gasteiger partial charge in [0.1, 0.15) is 5.69 Å². The van der Waals surface area contributed by atoms with Crippen molar-refractivity contribution < 1.29 is 4.79 Å². The van der Waals surface area contributed by atoms with Crippen LogP contribution in [0.15, 0.2) is 10.7 Å². The lowest BCUT2D eigenvalue weighted by atomic mass is 10.0. The molecule has 0 bridgehead atoms. The van der Waals surface area contributed by atoms with Crippen LogP contribution in [0.2, 0.25) is 0 Å². The van der Waals surface area contributed by atoms with Gasteiger partial charge in [0.15, 0.2) is 5.78 Å². The Morgan fingerprint density at radius 3 is 2.39 bits per heavy atom. The molecule has 0 saturated heterocycles. The molecule has 0 radical (unpaired) electrons. The summed E-state index contributed by atoms with van der Waals surface area (Å²) in [5.41, 5.74) is 0.885. The van der Waals surface area contributed by atoms with Crippen molar-refractivity contribution in [2.24, 2.45) is 16.7 Å². The van der Waals surface area contributed by atoms with Crippen LogP contribution in [0.3, 0.4) is 0 Å². The van der Waals surface area contributed by atoms with Crippen LogP contribution in [0.4, 0.5) is 0 Å². The van der Waals surface area contributed by atoms with E-state index in [-0.39, 0.29) is 22.5 Å². The van der Waals surface area contributed by atoms with E-state index in [1.165, 1.54) is 0 Å². The Kier molecular flexibility index (Phi) is 3.21. The monoisotopic (exact) mass is 312 g/mol. The minimum absolute atomic E-state index is 0.0742. The Labute approximate surface area is 117 Å². The van der Waals surface area contributed by atoms with E-state index < -0.39 is 0 Å². The molecule has 1 saturated carbocycles. The zero-order valence-electron chi connectivity index (χ0n) is 11.7. The number of hydrogen-bond donors (Lipinski definition) is 0. The SMILES string of the molecule is CCCn1ncc(Br)c1C(=O)C1C(C)(C)C1(C)C. The van der Waals surface area contributed by atoms with Crippen LogP contribution in [0, 0.1) is 16.7 Å². The van der Waals surface area contributed by atoms with Gasteiger partial charge in [-0.25, -0.2) is 0 Å². The number of rotatable bonds is 4. The molecule has 4 heteroatoms. The van der Waals surface area contributed by atoms with Crippen LogP contribution < -0.4 is 0 Å². The Hall–Kier alpha value is -0.640. The smallest absolute Gasteiger partial charge is 0.186 e. The van der Waals surface area contributed by atoms with Gasteiger partial charge in [0.05, 0.1) is 10.7 Å². The minimum atomic E-state index is 0.0742. The van der Waals surface area contributed by atoms with Gasteiger partial charge in [-0.05, 0) is 33.2 Å². The lowest BCUT2D eigenvalue weighted by molar-refractivity contribution is 0.0933.